The van der Waals surface area contributed by atoms with Gasteiger partial charge in [-0.1, -0.05) is 0 Å². The summed E-state index contributed by atoms with van der Waals surface area (Å²) in [5.41, 5.74) is 2.07. The van der Waals surface area contributed by atoms with Crippen LogP contribution in [-0.2, 0) is 0 Å². The first-order valence-electron chi connectivity index (χ1n) is 7.49. The zero-order chi connectivity index (χ0) is 16.4. The number of carbonyl (C=O) groups excluding carboxylic acids is 1. The molecule has 1 fully saturated rings. The van der Waals surface area contributed by atoms with Gasteiger partial charge in [0.05, 0.1) is 30.2 Å². The third-order valence-electron chi connectivity index (χ3n) is 3.88. The monoisotopic (exact) mass is 319 g/mol. The Morgan fingerprint density at radius 3 is 2.78 bits per heavy atom. The predicted octanol–water partition coefficient (Wildman–Crippen LogP) is 1.64. The zero-order valence-electron chi connectivity index (χ0n) is 13.0. The molecule has 0 spiro atoms. The van der Waals surface area contributed by atoms with E-state index in [1.54, 1.807) is 11.8 Å². The minimum Gasteiger partial charge on any atom is -0.458 e. The average Bonchev–Trinajstić information content (AvgIpc) is 2.88. The number of nitrogens with zero attached hydrogens (tertiary/aromatic N) is 4. The normalized spacial score (nSPS) is 18.0. The Bertz CT molecular complexity index is 681. The van der Waals surface area contributed by atoms with Crippen molar-refractivity contribution in [1.82, 2.24) is 25.1 Å². The number of halogens is 1. The maximum Gasteiger partial charge on any atom is 0.316 e. The van der Waals surface area contributed by atoms with Crippen LogP contribution in [0.3, 0.4) is 0 Å². The second-order valence-electron chi connectivity index (χ2n) is 5.63. The molecule has 0 aromatic carbocycles. The van der Waals surface area contributed by atoms with Crippen LogP contribution in [0.1, 0.15) is 34.6 Å². The van der Waals surface area contributed by atoms with Crippen molar-refractivity contribution in [2.24, 2.45) is 0 Å². The molecule has 1 N–H and O–H groups in total. The molecule has 2 aromatic rings. The Kier molecular flexibility index (Phi) is 4.22. The molecule has 0 aliphatic carbocycles. The summed E-state index contributed by atoms with van der Waals surface area (Å²) >= 11 is 0. The largest absolute Gasteiger partial charge is 0.458 e. The molecule has 122 valence electrons. The van der Waals surface area contributed by atoms with Gasteiger partial charge in [0.25, 0.3) is 5.91 Å². The minimum atomic E-state index is -0.510. The Morgan fingerprint density at radius 1 is 1.39 bits per heavy atom. The highest BCUT2D eigenvalue weighted by molar-refractivity contribution is 5.96. The van der Waals surface area contributed by atoms with E-state index in [2.05, 4.69) is 20.2 Å². The van der Waals surface area contributed by atoms with Crippen LogP contribution in [0.25, 0.3) is 0 Å². The molecule has 1 aliphatic rings. The fourth-order valence-corrected chi connectivity index (χ4v) is 2.75. The van der Waals surface area contributed by atoms with Gasteiger partial charge < -0.3 is 9.64 Å². The fourth-order valence-electron chi connectivity index (χ4n) is 2.75. The second-order valence-corrected chi connectivity index (χ2v) is 5.63. The highest BCUT2D eigenvalue weighted by Crippen LogP contribution is 2.19. The van der Waals surface area contributed by atoms with Gasteiger partial charge in [-0.25, -0.2) is 14.4 Å². The Labute approximate surface area is 132 Å². The summed E-state index contributed by atoms with van der Waals surface area (Å²) in [6, 6.07) is 0.126. The molecule has 2 aromatic heterocycles. The second kappa shape index (κ2) is 6.31. The van der Waals surface area contributed by atoms with E-state index in [4.69, 9.17) is 4.74 Å². The number of aryl methyl sites for hydroxylation is 2. The highest BCUT2D eigenvalue weighted by atomic mass is 19.1. The van der Waals surface area contributed by atoms with Crippen molar-refractivity contribution in [2.75, 3.05) is 13.1 Å². The van der Waals surface area contributed by atoms with Gasteiger partial charge in [-0.2, -0.15) is 5.10 Å². The number of hydrogen-bond donors (Lipinski definition) is 1. The van der Waals surface area contributed by atoms with Gasteiger partial charge in [0.1, 0.15) is 6.10 Å². The van der Waals surface area contributed by atoms with Crippen LogP contribution in [0, 0.1) is 19.7 Å². The van der Waals surface area contributed by atoms with Crippen molar-refractivity contribution in [1.29, 1.82) is 0 Å². The van der Waals surface area contributed by atoms with Gasteiger partial charge in [-0.15, -0.1) is 0 Å². The van der Waals surface area contributed by atoms with Crippen molar-refractivity contribution in [3.8, 4) is 6.01 Å². The number of amides is 1. The van der Waals surface area contributed by atoms with E-state index in [0.717, 1.165) is 30.9 Å². The molecular weight excluding hydrogens is 301 g/mol. The van der Waals surface area contributed by atoms with E-state index in [0.29, 0.717) is 24.3 Å². The van der Waals surface area contributed by atoms with Gasteiger partial charge in [0.2, 0.25) is 0 Å². The summed E-state index contributed by atoms with van der Waals surface area (Å²) in [6.45, 7) is 4.76. The Balaban J connectivity index is 1.68. The molecule has 8 heteroatoms. The maximum absolute atomic E-state index is 12.8. The lowest BCUT2D eigenvalue weighted by Gasteiger charge is -2.32. The molecule has 1 saturated heterocycles. The van der Waals surface area contributed by atoms with E-state index in [9.17, 15) is 9.18 Å². The molecule has 23 heavy (non-hydrogen) atoms. The summed E-state index contributed by atoms with van der Waals surface area (Å²) in [5, 5.41) is 6.90. The number of carbonyl (C=O) groups is 1. The number of ether oxygens (including phenoxy) is 1. The SMILES string of the molecule is Cc1n[nH]c(C)c1C(=O)N1CCCC(Oc2ncc(F)cn2)C1. The number of aromatic amines is 1. The fraction of sp³-hybridized carbons (Fsp3) is 0.467. The van der Waals surface area contributed by atoms with Crippen molar-refractivity contribution >= 4 is 5.91 Å². The van der Waals surface area contributed by atoms with Crippen molar-refractivity contribution in [3.05, 3.63) is 35.2 Å². The molecule has 1 atom stereocenters. The minimum absolute atomic E-state index is 0.0536. The summed E-state index contributed by atoms with van der Waals surface area (Å²) in [4.78, 5) is 22.0. The first-order chi connectivity index (χ1) is 11.0. The number of hydrogen-bond acceptors (Lipinski definition) is 5. The van der Waals surface area contributed by atoms with Crippen LogP contribution < -0.4 is 4.74 Å². The van der Waals surface area contributed by atoms with Crippen molar-refractivity contribution in [3.63, 3.8) is 0 Å². The van der Waals surface area contributed by atoms with Crippen LogP contribution in [0.5, 0.6) is 6.01 Å². The average molecular weight is 319 g/mol. The topological polar surface area (TPSA) is 84.0 Å². The van der Waals surface area contributed by atoms with Gasteiger partial charge in [0.15, 0.2) is 5.82 Å². The van der Waals surface area contributed by atoms with Crippen LogP contribution in [0.4, 0.5) is 4.39 Å². The lowest BCUT2D eigenvalue weighted by Crippen LogP contribution is -2.44. The summed E-state index contributed by atoms with van der Waals surface area (Å²) in [7, 11) is 0. The molecular formula is C15H18FN5O2. The predicted molar refractivity (Wildman–Crippen MR) is 79.6 cm³/mol. The van der Waals surface area contributed by atoms with Crippen molar-refractivity contribution in [2.45, 2.75) is 32.8 Å². The van der Waals surface area contributed by atoms with Gasteiger partial charge in [-0.3, -0.25) is 9.89 Å². The molecule has 0 saturated carbocycles. The third kappa shape index (κ3) is 3.30. The maximum atomic E-state index is 12.8. The molecule has 0 radical (unpaired) electrons. The van der Waals surface area contributed by atoms with E-state index >= 15 is 0 Å². The number of likely N-dealkylation sites (tertiary alicyclic amines) is 1. The molecule has 3 rings (SSSR count). The van der Waals surface area contributed by atoms with Gasteiger partial charge in [-0.05, 0) is 26.7 Å². The number of rotatable bonds is 3. The summed E-state index contributed by atoms with van der Waals surface area (Å²) < 4.78 is 18.5. The van der Waals surface area contributed by atoms with Crippen LogP contribution in [0.15, 0.2) is 12.4 Å². The first-order valence-corrected chi connectivity index (χ1v) is 7.49. The molecule has 0 bridgehead atoms. The number of piperidine rings is 1. The zero-order valence-corrected chi connectivity index (χ0v) is 13.0. The van der Waals surface area contributed by atoms with Crippen LogP contribution in [-0.4, -0.2) is 50.2 Å². The summed E-state index contributed by atoms with van der Waals surface area (Å²) in [5.74, 6) is -0.564. The smallest absolute Gasteiger partial charge is 0.316 e. The highest BCUT2D eigenvalue weighted by Gasteiger charge is 2.28. The molecule has 1 amide bonds. The first kappa shape index (κ1) is 15.4. The molecule has 1 unspecified atom stereocenters. The van der Waals surface area contributed by atoms with Crippen molar-refractivity contribution < 1.29 is 13.9 Å². The van der Waals surface area contributed by atoms with Crippen LogP contribution >= 0.6 is 0 Å². The number of H-pyrrole nitrogens is 1. The standard InChI is InChI=1S/C15H18FN5O2/c1-9-13(10(2)20-19-9)14(22)21-5-3-4-12(8-21)23-15-17-6-11(16)7-18-15/h6-7,12H,3-5,8H2,1-2H3,(H,19,20). The molecule has 7 nitrogen and oxygen atoms in total. The van der Waals surface area contributed by atoms with Gasteiger partial charge >= 0.3 is 6.01 Å². The molecule has 1 aliphatic heterocycles. The number of aromatic nitrogens is 4. The Morgan fingerprint density at radius 2 is 2.13 bits per heavy atom. The Hall–Kier alpha value is -2.51. The van der Waals surface area contributed by atoms with E-state index in [1.807, 2.05) is 6.92 Å². The van der Waals surface area contributed by atoms with E-state index in [1.165, 1.54) is 0 Å². The van der Waals surface area contributed by atoms with E-state index < -0.39 is 5.82 Å². The lowest BCUT2D eigenvalue weighted by atomic mass is 10.1. The number of nitrogens with one attached hydrogen (secondary N) is 1. The third-order valence-corrected chi connectivity index (χ3v) is 3.88. The summed E-state index contributed by atoms with van der Waals surface area (Å²) in [6.07, 6.45) is 3.55. The van der Waals surface area contributed by atoms with E-state index in [-0.39, 0.29) is 18.0 Å². The van der Waals surface area contributed by atoms with Gasteiger partial charge in [0, 0.05) is 12.2 Å². The lowest BCUT2D eigenvalue weighted by molar-refractivity contribution is 0.0514. The van der Waals surface area contributed by atoms with Crippen LogP contribution in [0.2, 0.25) is 0 Å². The molecule has 3 heterocycles. The quantitative estimate of drug-likeness (QED) is 0.930.